The summed E-state index contributed by atoms with van der Waals surface area (Å²) in [4.78, 5) is 25.9. The monoisotopic (exact) mass is 266 g/mol. The van der Waals surface area contributed by atoms with Crippen LogP contribution in [0.15, 0.2) is 6.20 Å². The molecule has 0 spiro atoms. The average Bonchev–Trinajstić information content (AvgIpc) is 2.91. The van der Waals surface area contributed by atoms with Crippen molar-refractivity contribution in [2.45, 2.75) is 25.3 Å². The maximum Gasteiger partial charge on any atom is 0.267 e. The largest absolute Gasteiger partial charge is 0.353 e. The maximum absolute atomic E-state index is 12.2. The summed E-state index contributed by atoms with van der Waals surface area (Å²) in [5, 5.41) is 6.71. The van der Waals surface area contributed by atoms with E-state index >= 15 is 0 Å². The first-order valence-electron chi connectivity index (χ1n) is 6.10. The van der Waals surface area contributed by atoms with Crippen LogP contribution in [0.2, 0.25) is 0 Å². The highest BCUT2D eigenvalue weighted by atomic mass is 32.1. The van der Waals surface area contributed by atoms with Gasteiger partial charge in [0.1, 0.15) is 4.88 Å². The average molecular weight is 266 g/mol. The van der Waals surface area contributed by atoms with E-state index < -0.39 is 0 Å². The Balaban J connectivity index is 1.67. The van der Waals surface area contributed by atoms with Gasteiger partial charge in [-0.3, -0.25) is 9.59 Å². The number of hydrogen-bond acceptors (Lipinski definition) is 5. The Labute approximate surface area is 109 Å². The van der Waals surface area contributed by atoms with Gasteiger partial charge in [0.2, 0.25) is 5.91 Å². The Kier molecular flexibility index (Phi) is 2.99. The molecule has 2 saturated heterocycles. The van der Waals surface area contributed by atoms with E-state index in [2.05, 4.69) is 14.9 Å². The third-order valence-electron chi connectivity index (χ3n) is 3.68. The molecular weight excluding hydrogens is 252 g/mol. The number of fused-ring (bicyclic) bond motifs is 1. The Morgan fingerprint density at radius 2 is 2.39 bits per heavy atom. The fourth-order valence-electron chi connectivity index (χ4n) is 2.71. The zero-order valence-corrected chi connectivity index (χ0v) is 10.7. The molecule has 0 saturated carbocycles. The molecule has 0 bridgehead atoms. The van der Waals surface area contributed by atoms with Crippen LogP contribution in [0.4, 0.5) is 0 Å². The van der Waals surface area contributed by atoms with Gasteiger partial charge >= 0.3 is 0 Å². The van der Waals surface area contributed by atoms with E-state index in [0.717, 1.165) is 30.9 Å². The second-order valence-corrected chi connectivity index (χ2v) is 5.58. The Morgan fingerprint density at radius 3 is 3.17 bits per heavy atom. The first-order valence-corrected chi connectivity index (χ1v) is 6.87. The van der Waals surface area contributed by atoms with Crippen LogP contribution in [0.25, 0.3) is 0 Å². The lowest BCUT2D eigenvalue weighted by Crippen LogP contribution is -2.55. The third kappa shape index (κ3) is 2.10. The molecule has 96 valence electrons. The summed E-state index contributed by atoms with van der Waals surface area (Å²) in [6.45, 7) is 1.42. The highest BCUT2D eigenvalue weighted by Crippen LogP contribution is 2.26. The van der Waals surface area contributed by atoms with Crippen LogP contribution in [0.1, 0.15) is 28.9 Å². The van der Waals surface area contributed by atoms with Crippen molar-refractivity contribution in [2.24, 2.45) is 5.92 Å². The number of carbonyl (C=O) groups excluding carboxylic acids is 2. The van der Waals surface area contributed by atoms with Gasteiger partial charge in [-0.1, -0.05) is 4.49 Å². The quantitative estimate of drug-likeness (QED) is 0.792. The number of rotatable bonds is 1. The van der Waals surface area contributed by atoms with Gasteiger partial charge in [0, 0.05) is 25.6 Å². The number of piperidine rings is 2. The van der Waals surface area contributed by atoms with Crippen LogP contribution in [0.5, 0.6) is 0 Å². The van der Waals surface area contributed by atoms with Gasteiger partial charge in [0.05, 0.1) is 6.20 Å². The molecule has 2 atom stereocenters. The van der Waals surface area contributed by atoms with Gasteiger partial charge in [-0.25, -0.2) is 0 Å². The summed E-state index contributed by atoms with van der Waals surface area (Å²) in [6.07, 6.45) is 3.81. The SMILES string of the molecule is O=C1CCC2CN(C(=O)c3cnns3)CCC2N1. The summed E-state index contributed by atoms with van der Waals surface area (Å²) in [5.41, 5.74) is 0. The number of hydrogen-bond donors (Lipinski definition) is 1. The fourth-order valence-corrected chi connectivity index (χ4v) is 3.20. The second kappa shape index (κ2) is 4.64. The summed E-state index contributed by atoms with van der Waals surface area (Å²) in [5.74, 6) is 0.546. The number of nitrogens with one attached hydrogen (secondary N) is 1. The summed E-state index contributed by atoms with van der Waals surface area (Å²) in [7, 11) is 0. The van der Waals surface area contributed by atoms with E-state index in [1.54, 1.807) is 0 Å². The van der Waals surface area contributed by atoms with Crippen LogP contribution in [-0.4, -0.2) is 45.4 Å². The van der Waals surface area contributed by atoms with Crippen molar-refractivity contribution < 1.29 is 9.59 Å². The van der Waals surface area contributed by atoms with E-state index in [1.807, 2.05) is 4.90 Å². The molecule has 2 amide bonds. The zero-order chi connectivity index (χ0) is 12.5. The molecular formula is C11H14N4O2S. The number of likely N-dealkylation sites (tertiary alicyclic amines) is 1. The fraction of sp³-hybridized carbons (Fsp3) is 0.636. The lowest BCUT2D eigenvalue weighted by molar-refractivity contribution is -0.125. The van der Waals surface area contributed by atoms with E-state index in [-0.39, 0.29) is 17.9 Å². The minimum absolute atomic E-state index is 0.0142. The standard InChI is InChI=1S/C11H14N4O2S/c16-10-2-1-7-6-15(4-3-8(7)13-10)11(17)9-5-12-14-18-9/h5,7-8H,1-4,6H2,(H,13,16). The number of amides is 2. The van der Waals surface area contributed by atoms with Gasteiger partial charge in [0.25, 0.3) is 5.91 Å². The van der Waals surface area contributed by atoms with E-state index in [4.69, 9.17) is 0 Å². The van der Waals surface area contributed by atoms with Crippen molar-refractivity contribution in [3.05, 3.63) is 11.1 Å². The van der Waals surface area contributed by atoms with Crippen molar-refractivity contribution in [1.29, 1.82) is 0 Å². The van der Waals surface area contributed by atoms with Crippen molar-refractivity contribution in [2.75, 3.05) is 13.1 Å². The first-order chi connectivity index (χ1) is 8.74. The molecule has 1 aromatic heterocycles. The van der Waals surface area contributed by atoms with Crippen LogP contribution in [0, 0.1) is 5.92 Å². The summed E-state index contributed by atoms with van der Waals surface area (Å²) >= 11 is 1.13. The van der Waals surface area contributed by atoms with Gasteiger partial charge in [-0.2, -0.15) is 0 Å². The molecule has 0 aromatic carbocycles. The molecule has 2 aliphatic rings. The van der Waals surface area contributed by atoms with Crippen LogP contribution >= 0.6 is 11.5 Å². The molecule has 2 aliphatic heterocycles. The van der Waals surface area contributed by atoms with Crippen LogP contribution < -0.4 is 5.32 Å². The molecule has 0 radical (unpaired) electrons. The molecule has 2 fully saturated rings. The Bertz CT molecular complexity index is 462. The lowest BCUT2D eigenvalue weighted by atomic mass is 9.85. The van der Waals surface area contributed by atoms with Gasteiger partial charge in [-0.15, -0.1) is 5.10 Å². The van der Waals surface area contributed by atoms with Crippen molar-refractivity contribution in [3.63, 3.8) is 0 Å². The van der Waals surface area contributed by atoms with Gasteiger partial charge in [0.15, 0.2) is 0 Å². The maximum atomic E-state index is 12.2. The van der Waals surface area contributed by atoms with Crippen molar-refractivity contribution >= 4 is 23.3 Å². The predicted molar refractivity (Wildman–Crippen MR) is 65.1 cm³/mol. The van der Waals surface area contributed by atoms with Crippen molar-refractivity contribution in [1.82, 2.24) is 19.8 Å². The summed E-state index contributed by atoms with van der Waals surface area (Å²) in [6, 6.07) is 0.245. The molecule has 3 rings (SSSR count). The molecule has 18 heavy (non-hydrogen) atoms. The second-order valence-electron chi connectivity index (χ2n) is 4.79. The van der Waals surface area contributed by atoms with Crippen LogP contribution in [0.3, 0.4) is 0 Å². The van der Waals surface area contributed by atoms with E-state index in [0.29, 0.717) is 23.8 Å². The molecule has 1 N–H and O–H groups in total. The first kappa shape index (κ1) is 11.6. The molecule has 7 heteroatoms. The van der Waals surface area contributed by atoms with Gasteiger partial charge < -0.3 is 10.2 Å². The minimum atomic E-state index is 0.0142. The van der Waals surface area contributed by atoms with E-state index in [1.165, 1.54) is 6.20 Å². The summed E-state index contributed by atoms with van der Waals surface area (Å²) < 4.78 is 3.72. The normalized spacial score (nSPS) is 27.6. The zero-order valence-electron chi connectivity index (χ0n) is 9.83. The molecule has 6 nitrogen and oxygen atoms in total. The molecule has 1 aromatic rings. The third-order valence-corrected chi connectivity index (χ3v) is 4.33. The topological polar surface area (TPSA) is 75.2 Å². The predicted octanol–water partition coefficient (Wildman–Crippen LogP) is 0.279. The van der Waals surface area contributed by atoms with Gasteiger partial charge in [-0.05, 0) is 30.3 Å². The highest BCUT2D eigenvalue weighted by molar-refractivity contribution is 7.07. The molecule has 0 aliphatic carbocycles. The Morgan fingerprint density at radius 1 is 1.50 bits per heavy atom. The molecule has 2 unspecified atom stereocenters. The minimum Gasteiger partial charge on any atom is -0.353 e. The highest BCUT2D eigenvalue weighted by Gasteiger charge is 2.35. The lowest BCUT2D eigenvalue weighted by Gasteiger charge is -2.41. The molecule has 3 heterocycles. The number of aromatic nitrogens is 2. The number of carbonyl (C=O) groups is 2. The van der Waals surface area contributed by atoms with E-state index in [9.17, 15) is 9.59 Å². The van der Waals surface area contributed by atoms with Crippen LogP contribution in [-0.2, 0) is 4.79 Å². The Hall–Kier alpha value is -1.50. The smallest absolute Gasteiger partial charge is 0.267 e. The van der Waals surface area contributed by atoms with Crippen molar-refractivity contribution in [3.8, 4) is 0 Å². The number of nitrogens with zero attached hydrogens (tertiary/aromatic N) is 3.